The Balaban J connectivity index is 1.65. The molecule has 2 heterocycles. The average molecular weight is 559 g/mol. The lowest BCUT2D eigenvalue weighted by molar-refractivity contribution is -0.200. The summed E-state index contributed by atoms with van der Waals surface area (Å²) in [6.07, 6.45) is 12.1. The van der Waals surface area contributed by atoms with E-state index in [1.807, 2.05) is 6.08 Å². The minimum atomic E-state index is -1.01. The van der Waals surface area contributed by atoms with Crippen LogP contribution in [0.15, 0.2) is 47.6 Å². The summed E-state index contributed by atoms with van der Waals surface area (Å²) in [6, 6.07) is 0. The van der Waals surface area contributed by atoms with Crippen LogP contribution in [0.1, 0.15) is 74.1 Å². The van der Waals surface area contributed by atoms with Crippen LogP contribution in [0.4, 0.5) is 0 Å². The molecule has 0 aromatic rings. The minimum Gasteiger partial charge on any atom is -0.481 e. The van der Waals surface area contributed by atoms with Crippen molar-refractivity contribution in [2.24, 2.45) is 23.7 Å². The molecule has 8 nitrogen and oxygen atoms in total. The normalized spacial score (nSPS) is 35.3. The lowest BCUT2D eigenvalue weighted by Crippen LogP contribution is -2.51. The number of allylic oxidation sites excluding steroid dienone is 4. The molecule has 222 valence electrons. The van der Waals surface area contributed by atoms with Crippen molar-refractivity contribution in [3.8, 4) is 0 Å². The molecule has 0 aromatic carbocycles. The second-order valence-electron chi connectivity index (χ2n) is 11.5. The highest BCUT2D eigenvalue weighted by Crippen LogP contribution is 2.48. The maximum atomic E-state index is 11.8. The van der Waals surface area contributed by atoms with Gasteiger partial charge in [-0.05, 0) is 61.5 Å². The highest BCUT2D eigenvalue weighted by molar-refractivity contribution is 5.68. The molecule has 0 bridgehead atoms. The zero-order valence-electron chi connectivity index (χ0n) is 24.9. The maximum absolute atomic E-state index is 11.8. The summed E-state index contributed by atoms with van der Waals surface area (Å²) in [5, 5.41) is 9.28. The van der Waals surface area contributed by atoms with Crippen LogP contribution in [0, 0.1) is 23.7 Å². The first-order chi connectivity index (χ1) is 18.9. The van der Waals surface area contributed by atoms with Crippen molar-refractivity contribution in [1.82, 2.24) is 0 Å². The predicted molar refractivity (Wildman–Crippen MR) is 151 cm³/mol. The van der Waals surface area contributed by atoms with E-state index in [0.717, 1.165) is 12.8 Å². The van der Waals surface area contributed by atoms with Gasteiger partial charge in [-0.3, -0.25) is 14.4 Å². The molecular formula is C32H46O8. The maximum Gasteiger partial charge on any atom is 0.305 e. The summed E-state index contributed by atoms with van der Waals surface area (Å²) >= 11 is 0. The molecule has 0 radical (unpaired) electrons. The van der Waals surface area contributed by atoms with Gasteiger partial charge in [0.05, 0.1) is 24.7 Å². The van der Waals surface area contributed by atoms with E-state index in [9.17, 15) is 19.5 Å². The van der Waals surface area contributed by atoms with Gasteiger partial charge >= 0.3 is 17.9 Å². The standard InChI is InChI=1S/C32H46O8/c1-8-27-19(3)10-13-28(40-27)20(4)15-18(2)9-11-25-21(5)26(25)12-14-29-32(38-23(7)34)30(37-22(6)33)16-24(39-29)17-31(35)36/h9-12,14-15,18,21,24-30,32H,8,13,16-17H2,1-7H3,(H,35,36)/b11-9+,14-12+,20-15+/t18-,21-,24+,25+,26+,27-,28-,29+,30+,32+/m1/s1. The first-order valence-corrected chi connectivity index (χ1v) is 14.5. The monoisotopic (exact) mass is 558 g/mol. The number of hydrogen-bond acceptors (Lipinski definition) is 7. The number of hydrogen-bond donors (Lipinski definition) is 1. The van der Waals surface area contributed by atoms with Gasteiger partial charge in [0.25, 0.3) is 0 Å². The Morgan fingerprint density at radius 2 is 1.75 bits per heavy atom. The minimum absolute atomic E-state index is 0.126. The number of carboxylic acids is 1. The summed E-state index contributed by atoms with van der Waals surface area (Å²) in [6.45, 7) is 13.4. The molecule has 2 aliphatic heterocycles. The fourth-order valence-electron chi connectivity index (χ4n) is 5.85. The van der Waals surface area contributed by atoms with Crippen molar-refractivity contribution in [3.63, 3.8) is 0 Å². The quantitative estimate of drug-likeness (QED) is 0.259. The molecule has 0 aromatic heterocycles. The third-order valence-corrected chi connectivity index (χ3v) is 8.13. The van der Waals surface area contributed by atoms with Crippen molar-refractivity contribution in [1.29, 1.82) is 0 Å². The lowest BCUT2D eigenvalue weighted by Gasteiger charge is -2.39. The molecule has 1 aliphatic carbocycles. The molecule has 0 spiro atoms. The number of ether oxygens (including phenoxy) is 4. The Morgan fingerprint density at radius 3 is 2.38 bits per heavy atom. The zero-order valence-corrected chi connectivity index (χ0v) is 24.9. The van der Waals surface area contributed by atoms with E-state index in [4.69, 9.17) is 18.9 Å². The highest BCUT2D eigenvalue weighted by Gasteiger charge is 2.45. The Kier molecular flexibility index (Phi) is 11.3. The van der Waals surface area contributed by atoms with Crippen molar-refractivity contribution >= 4 is 17.9 Å². The SMILES string of the molecule is CC[C@H]1O[C@@H](/C(C)=C/[C@H](C)/C=C/[C@H]2[C@@H](C)[C@@H]2/C=C/[C@@H]2O[C@H](CC(=O)O)C[C@H](OC(C)=O)[C@H]2OC(C)=O)CC=C1C. The van der Waals surface area contributed by atoms with Crippen molar-refractivity contribution in [2.45, 2.75) is 111 Å². The Bertz CT molecular complexity index is 1040. The second kappa shape index (κ2) is 14.3. The molecule has 40 heavy (non-hydrogen) atoms. The molecule has 3 rings (SSSR count). The van der Waals surface area contributed by atoms with Gasteiger partial charge in [-0.15, -0.1) is 0 Å². The summed E-state index contributed by atoms with van der Waals surface area (Å²) < 4.78 is 23.2. The smallest absolute Gasteiger partial charge is 0.305 e. The van der Waals surface area contributed by atoms with Crippen LogP contribution >= 0.6 is 0 Å². The number of carbonyl (C=O) groups excluding carboxylic acids is 2. The number of carbonyl (C=O) groups is 3. The van der Waals surface area contributed by atoms with E-state index in [1.54, 1.807) is 0 Å². The van der Waals surface area contributed by atoms with Gasteiger partial charge in [0.1, 0.15) is 12.2 Å². The topological polar surface area (TPSA) is 108 Å². The Labute approximate surface area is 238 Å². The molecule has 1 saturated heterocycles. The molecule has 8 heteroatoms. The molecule has 1 N–H and O–H groups in total. The van der Waals surface area contributed by atoms with Crippen LogP contribution in [0.2, 0.25) is 0 Å². The van der Waals surface area contributed by atoms with Crippen molar-refractivity contribution in [3.05, 3.63) is 47.6 Å². The van der Waals surface area contributed by atoms with E-state index in [0.29, 0.717) is 11.8 Å². The number of esters is 2. The van der Waals surface area contributed by atoms with Gasteiger partial charge in [-0.1, -0.05) is 57.2 Å². The van der Waals surface area contributed by atoms with Crippen molar-refractivity contribution < 1.29 is 38.4 Å². The summed E-state index contributed by atoms with van der Waals surface area (Å²) in [4.78, 5) is 34.9. The van der Waals surface area contributed by atoms with Crippen LogP contribution in [-0.2, 0) is 33.3 Å². The first kappa shape index (κ1) is 31.8. The fraction of sp³-hybridized carbons (Fsp3) is 0.656. The molecule has 1 saturated carbocycles. The number of aliphatic carboxylic acids is 1. The third kappa shape index (κ3) is 8.90. The summed E-state index contributed by atoms with van der Waals surface area (Å²) in [5.41, 5.74) is 2.57. The third-order valence-electron chi connectivity index (χ3n) is 8.13. The number of carboxylic acid groups (broad SMARTS) is 1. The molecule has 0 unspecified atom stereocenters. The summed E-state index contributed by atoms with van der Waals surface area (Å²) in [5.74, 6) is -0.707. The van der Waals surface area contributed by atoms with Crippen LogP contribution in [0.3, 0.4) is 0 Å². The van der Waals surface area contributed by atoms with E-state index < -0.39 is 42.3 Å². The largest absolute Gasteiger partial charge is 0.481 e. The fourth-order valence-corrected chi connectivity index (χ4v) is 5.85. The molecule has 3 aliphatic rings. The van der Waals surface area contributed by atoms with E-state index in [2.05, 4.69) is 65.0 Å². The van der Waals surface area contributed by atoms with Gasteiger partial charge in [0.2, 0.25) is 0 Å². The van der Waals surface area contributed by atoms with Crippen LogP contribution in [-0.4, -0.2) is 59.6 Å². The molecule has 10 atom stereocenters. The molecular weight excluding hydrogens is 512 g/mol. The Morgan fingerprint density at radius 1 is 1.07 bits per heavy atom. The number of rotatable bonds is 11. The molecule has 0 amide bonds. The predicted octanol–water partition coefficient (Wildman–Crippen LogP) is 5.57. The van der Waals surface area contributed by atoms with Gasteiger partial charge in [0.15, 0.2) is 6.10 Å². The first-order valence-electron chi connectivity index (χ1n) is 14.5. The summed E-state index contributed by atoms with van der Waals surface area (Å²) in [7, 11) is 0. The van der Waals surface area contributed by atoms with E-state index in [-0.39, 0.29) is 36.9 Å². The average Bonchev–Trinajstić information content (AvgIpc) is 3.49. The second-order valence-corrected chi connectivity index (χ2v) is 11.5. The van der Waals surface area contributed by atoms with Gasteiger partial charge < -0.3 is 24.1 Å². The van der Waals surface area contributed by atoms with Crippen LogP contribution < -0.4 is 0 Å². The van der Waals surface area contributed by atoms with Gasteiger partial charge in [-0.25, -0.2) is 0 Å². The zero-order chi connectivity index (χ0) is 29.6. The van der Waals surface area contributed by atoms with Crippen LogP contribution in [0.25, 0.3) is 0 Å². The van der Waals surface area contributed by atoms with Gasteiger partial charge in [0, 0.05) is 20.3 Å². The van der Waals surface area contributed by atoms with Gasteiger partial charge in [-0.2, -0.15) is 0 Å². The lowest BCUT2D eigenvalue weighted by atomic mass is 9.95. The highest BCUT2D eigenvalue weighted by atomic mass is 16.6. The van der Waals surface area contributed by atoms with E-state index >= 15 is 0 Å². The van der Waals surface area contributed by atoms with E-state index in [1.165, 1.54) is 25.0 Å². The van der Waals surface area contributed by atoms with Crippen LogP contribution in [0.5, 0.6) is 0 Å². The Hall–Kier alpha value is -2.71. The van der Waals surface area contributed by atoms with Crippen molar-refractivity contribution in [2.75, 3.05) is 0 Å². The molecule has 2 fully saturated rings.